The smallest absolute Gasteiger partial charge is 0.0674 e. The van der Waals surface area contributed by atoms with Crippen LogP contribution in [0.1, 0.15) is 30.5 Å². The summed E-state index contributed by atoms with van der Waals surface area (Å²) in [6.45, 7) is 4.30. The quantitative estimate of drug-likeness (QED) is 0.333. The van der Waals surface area contributed by atoms with E-state index in [4.69, 9.17) is 0 Å². The van der Waals surface area contributed by atoms with E-state index in [9.17, 15) is 0 Å². The van der Waals surface area contributed by atoms with Gasteiger partial charge in [0, 0.05) is 14.5 Å². The molecule has 0 heterocycles. The number of hydrogen-bond acceptors (Lipinski definition) is 0. The molecule has 1 aliphatic carbocycles. The number of fused-ring (bicyclic) bond motifs is 3. The first-order valence-corrected chi connectivity index (χ1v) is 10.6. The second kappa shape index (κ2) is 7.26. The average molecular weight is 480 g/mol. The van der Waals surface area contributed by atoms with Crippen molar-refractivity contribution in [2.45, 2.75) is 19.3 Å². The SMILES string of the molecule is C/C=C\C=C(/C)C1(c2ccc(Br)cc2)c2ccccc2-c2c(Br)cccc21. The predicted octanol–water partition coefficient (Wildman–Crippen LogP) is 8.05. The van der Waals surface area contributed by atoms with Crippen molar-refractivity contribution >= 4 is 31.9 Å². The van der Waals surface area contributed by atoms with E-state index in [2.05, 4.69) is 131 Å². The summed E-state index contributed by atoms with van der Waals surface area (Å²) in [5.41, 5.74) is 7.57. The Morgan fingerprint density at radius 2 is 1.56 bits per heavy atom. The van der Waals surface area contributed by atoms with Gasteiger partial charge < -0.3 is 0 Å². The van der Waals surface area contributed by atoms with Gasteiger partial charge in [0.2, 0.25) is 0 Å². The zero-order valence-corrected chi connectivity index (χ0v) is 18.5. The summed E-state index contributed by atoms with van der Waals surface area (Å²) in [5.74, 6) is 0. The molecular formula is C25H20Br2. The molecule has 0 fully saturated rings. The molecule has 0 bridgehead atoms. The predicted molar refractivity (Wildman–Crippen MR) is 122 cm³/mol. The molecule has 27 heavy (non-hydrogen) atoms. The van der Waals surface area contributed by atoms with E-state index < -0.39 is 0 Å². The molecule has 3 aromatic rings. The molecule has 0 saturated heterocycles. The Balaban J connectivity index is 2.17. The highest BCUT2D eigenvalue weighted by molar-refractivity contribution is 9.10. The second-order valence-electron chi connectivity index (χ2n) is 6.84. The molecule has 134 valence electrons. The molecular weight excluding hydrogens is 460 g/mol. The maximum absolute atomic E-state index is 3.81. The van der Waals surface area contributed by atoms with Crippen LogP contribution < -0.4 is 0 Å². The Kier molecular flexibility index (Phi) is 4.96. The topological polar surface area (TPSA) is 0 Å². The van der Waals surface area contributed by atoms with Gasteiger partial charge in [0.25, 0.3) is 0 Å². The fourth-order valence-electron chi connectivity index (χ4n) is 4.31. The first-order chi connectivity index (χ1) is 13.1. The highest BCUT2D eigenvalue weighted by atomic mass is 79.9. The van der Waals surface area contributed by atoms with Gasteiger partial charge in [-0.25, -0.2) is 0 Å². The number of rotatable bonds is 3. The lowest BCUT2D eigenvalue weighted by Gasteiger charge is -2.34. The highest BCUT2D eigenvalue weighted by Crippen LogP contribution is 2.57. The maximum Gasteiger partial charge on any atom is 0.0674 e. The fraction of sp³-hybridized carbons (Fsp3) is 0.120. The Morgan fingerprint density at radius 3 is 2.30 bits per heavy atom. The van der Waals surface area contributed by atoms with Gasteiger partial charge in [0.1, 0.15) is 0 Å². The van der Waals surface area contributed by atoms with Crippen LogP contribution in [-0.4, -0.2) is 0 Å². The van der Waals surface area contributed by atoms with Crippen LogP contribution in [0.25, 0.3) is 11.1 Å². The van der Waals surface area contributed by atoms with Crippen LogP contribution in [0.2, 0.25) is 0 Å². The monoisotopic (exact) mass is 478 g/mol. The summed E-state index contributed by atoms with van der Waals surface area (Å²) in [6.07, 6.45) is 6.46. The molecule has 3 aromatic carbocycles. The molecule has 0 nitrogen and oxygen atoms in total. The van der Waals surface area contributed by atoms with Crippen molar-refractivity contribution in [3.63, 3.8) is 0 Å². The zero-order valence-electron chi connectivity index (χ0n) is 15.3. The lowest BCUT2D eigenvalue weighted by Crippen LogP contribution is -2.28. The van der Waals surface area contributed by atoms with Gasteiger partial charge in [0.15, 0.2) is 0 Å². The van der Waals surface area contributed by atoms with Crippen molar-refractivity contribution in [3.8, 4) is 11.1 Å². The molecule has 0 aliphatic heterocycles. The highest BCUT2D eigenvalue weighted by Gasteiger charge is 2.46. The summed E-state index contributed by atoms with van der Waals surface area (Å²) in [7, 11) is 0. The van der Waals surface area contributed by atoms with Crippen LogP contribution >= 0.6 is 31.9 Å². The Hall–Kier alpha value is -1.90. The normalized spacial score (nSPS) is 18.6. The molecule has 1 atom stereocenters. The van der Waals surface area contributed by atoms with E-state index in [-0.39, 0.29) is 5.41 Å². The molecule has 0 amide bonds. The minimum Gasteiger partial charge on any atom is -0.0877 e. The third-order valence-corrected chi connectivity index (χ3v) is 6.61. The van der Waals surface area contributed by atoms with Crippen molar-refractivity contribution in [1.82, 2.24) is 0 Å². The van der Waals surface area contributed by atoms with Crippen molar-refractivity contribution < 1.29 is 0 Å². The van der Waals surface area contributed by atoms with Crippen molar-refractivity contribution in [2.75, 3.05) is 0 Å². The van der Waals surface area contributed by atoms with Gasteiger partial charge in [0.05, 0.1) is 5.41 Å². The van der Waals surface area contributed by atoms with Gasteiger partial charge in [-0.15, -0.1) is 0 Å². The van der Waals surface area contributed by atoms with E-state index in [0.29, 0.717) is 0 Å². The molecule has 1 unspecified atom stereocenters. The molecule has 4 rings (SSSR count). The Labute approximate surface area is 177 Å². The number of benzene rings is 3. The minimum atomic E-state index is -0.296. The zero-order chi connectivity index (χ0) is 19.0. The average Bonchev–Trinajstić information content (AvgIpc) is 2.99. The maximum atomic E-state index is 3.81. The summed E-state index contributed by atoms with van der Waals surface area (Å²) in [4.78, 5) is 0. The molecule has 0 aromatic heterocycles. The van der Waals surface area contributed by atoms with Gasteiger partial charge in [-0.05, 0) is 54.3 Å². The summed E-state index contributed by atoms with van der Waals surface area (Å²) >= 11 is 7.41. The van der Waals surface area contributed by atoms with E-state index >= 15 is 0 Å². The lowest BCUT2D eigenvalue weighted by molar-refractivity contribution is 0.746. The van der Waals surface area contributed by atoms with Crippen LogP contribution in [0.15, 0.2) is 99.5 Å². The number of hydrogen-bond donors (Lipinski definition) is 0. The third kappa shape index (κ3) is 2.78. The lowest BCUT2D eigenvalue weighted by atomic mass is 9.67. The summed E-state index contributed by atoms with van der Waals surface area (Å²) in [5, 5.41) is 0. The number of halogens is 2. The van der Waals surface area contributed by atoms with E-state index in [0.717, 1.165) is 8.95 Å². The van der Waals surface area contributed by atoms with Gasteiger partial charge in [-0.3, -0.25) is 0 Å². The van der Waals surface area contributed by atoms with Crippen LogP contribution in [-0.2, 0) is 5.41 Å². The van der Waals surface area contributed by atoms with Crippen molar-refractivity contribution in [1.29, 1.82) is 0 Å². The summed E-state index contributed by atoms with van der Waals surface area (Å²) < 4.78 is 2.24. The van der Waals surface area contributed by atoms with Crippen LogP contribution in [0.3, 0.4) is 0 Å². The van der Waals surface area contributed by atoms with Crippen molar-refractivity contribution in [3.05, 3.63) is 116 Å². The second-order valence-corrected chi connectivity index (χ2v) is 8.61. The molecule has 0 spiro atoms. The van der Waals surface area contributed by atoms with Crippen LogP contribution in [0, 0.1) is 0 Å². The third-order valence-electron chi connectivity index (χ3n) is 5.43. The summed E-state index contributed by atoms with van der Waals surface area (Å²) in [6, 6.07) is 24.1. The van der Waals surface area contributed by atoms with E-state index in [1.807, 2.05) is 0 Å². The molecule has 0 radical (unpaired) electrons. The van der Waals surface area contributed by atoms with Crippen LogP contribution in [0.4, 0.5) is 0 Å². The van der Waals surface area contributed by atoms with Crippen molar-refractivity contribution in [2.24, 2.45) is 0 Å². The molecule has 0 N–H and O–H groups in total. The minimum absolute atomic E-state index is 0.296. The van der Waals surface area contributed by atoms with E-state index in [1.165, 1.54) is 33.4 Å². The standard InChI is InChI=1S/C25H20Br2/c1-3-4-8-17(2)25(18-13-15-19(26)16-14-18)21-10-6-5-9-20(21)24-22(25)11-7-12-23(24)27/h3-16H,1-2H3/b4-3-,17-8+. The van der Waals surface area contributed by atoms with Gasteiger partial charge in [-0.2, -0.15) is 0 Å². The molecule has 2 heteroatoms. The largest absolute Gasteiger partial charge is 0.0877 e. The van der Waals surface area contributed by atoms with E-state index in [1.54, 1.807) is 0 Å². The molecule has 1 aliphatic rings. The Morgan fingerprint density at radius 1 is 0.852 bits per heavy atom. The van der Waals surface area contributed by atoms with Gasteiger partial charge >= 0.3 is 0 Å². The van der Waals surface area contributed by atoms with Gasteiger partial charge in [-0.1, -0.05) is 104 Å². The first-order valence-electron chi connectivity index (χ1n) is 9.05. The fourth-order valence-corrected chi connectivity index (χ4v) is 5.16. The Bertz CT molecular complexity index is 1060. The first kappa shape index (κ1) is 18.5. The van der Waals surface area contributed by atoms with Crippen LogP contribution in [0.5, 0.6) is 0 Å². The number of allylic oxidation sites excluding steroid dienone is 4. The molecule has 0 saturated carbocycles.